The molecule has 0 saturated heterocycles. The fraction of sp³-hybridized carbons (Fsp3) is 0.300. The fourth-order valence-electron chi connectivity index (χ4n) is 3.13. The highest BCUT2D eigenvalue weighted by atomic mass is 16.5. The summed E-state index contributed by atoms with van der Waals surface area (Å²) in [5, 5.41) is 8.41. The molecule has 5 rings (SSSR count). The maximum Gasteiger partial charge on any atom is 0.257 e. The van der Waals surface area contributed by atoms with Gasteiger partial charge in [-0.1, -0.05) is 17.3 Å². The van der Waals surface area contributed by atoms with Gasteiger partial charge in [0.1, 0.15) is 11.6 Å². The molecule has 0 spiro atoms. The van der Waals surface area contributed by atoms with Crippen molar-refractivity contribution in [2.45, 2.75) is 38.6 Å². The number of hydrogen-bond donors (Lipinski definition) is 1. The molecular formula is C20H19N5O2. The summed E-state index contributed by atoms with van der Waals surface area (Å²) in [5.74, 6) is 3.34. The molecule has 1 aliphatic carbocycles. The minimum atomic E-state index is 0.0659. The zero-order chi connectivity index (χ0) is 18.4. The first-order valence-corrected chi connectivity index (χ1v) is 9.10. The Bertz CT molecular complexity index is 1100. The van der Waals surface area contributed by atoms with Gasteiger partial charge in [-0.2, -0.15) is 9.97 Å². The van der Waals surface area contributed by atoms with E-state index in [9.17, 15) is 0 Å². The van der Waals surface area contributed by atoms with Crippen LogP contribution in [0.5, 0.6) is 0 Å². The Kier molecular flexibility index (Phi) is 3.67. The zero-order valence-electron chi connectivity index (χ0n) is 15.1. The van der Waals surface area contributed by atoms with E-state index in [1.165, 1.54) is 0 Å². The molecule has 1 unspecified atom stereocenters. The normalized spacial score (nSPS) is 15.2. The molecule has 1 N–H and O–H groups in total. The summed E-state index contributed by atoms with van der Waals surface area (Å²) < 4.78 is 10.8. The first kappa shape index (κ1) is 16.0. The SMILES string of the molecule is Cc1nc(NC(C)c2ccc(-c3nc(C4CC4)no3)cc2)c2ccoc2n1. The molecule has 0 aliphatic heterocycles. The molecule has 0 radical (unpaired) electrons. The third-order valence-corrected chi connectivity index (χ3v) is 4.83. The van der Waals surface area contributed by atoms with E-state index in [1.54, 1.807) is 6.26 Å². The maximum atomic E-state index is 5.40. The molecule has 3 heterocycles. The van der Waals surface area contributed by atoms with E-state index in [4.69, 9.17) is 8.94 Å². The molecular weight excluding hydrogens is 342 g/mol. The lowest BCUT2D eigenvalue weighted by molar-refractivity contribution is 0.422. The third kappa shape index (κ3) is 3.05. The van der Waals surface area contributed by atoms with Crippen molar-refractivity contribution in [3.05, 3.63) is 53.8 Å². The lowest BCUT2D eigenvalue weighted by atomic mass is 10.1. The van der Waals surface area contributed by atoms with Crippen LogP contribution in [0.2, 0.25) is 0 Å². The molecule has 1 aromatic carbocycles. The van der Waals surface area contributed by atoms with E-state index < -0.39 is 0 Å². The van der Waals surface area contributed by atoms with Crippen molar-refractivity contribution in [3.63, 3.8) is 0 Å². The van der Waals surface area contributed by atoms with Crippen molar-refractivity contribution in [2.75, 3.05) is 5.32 Å². The molecule has 136 valence electrons. The lowest BCUT2D eigenvalue weighted by Crippen LogP contribution is -2.09. The van der Waals surface area contributed by atoms with E-state index in [2.05, 4.69) is 44.5 Å². The van der Waals surface area contributed by atoms with E-state index in [-0.39, 0.29) is 6.04 Å². The van der Waals surface area contributed by atoms with Crippen LogP contribution in [0.4, 0.5) is 5.82 Å². The molecule has 7 heteroatoms. The molecule has 1 atom stereocenters. The zero-order valence-corrected chi connectivity index (χ0v) is 15.1. The second kappa shape index (κ2) is 6.19. The Balaban J connectivity index is 1.36. The van der Waals surface area contributed by atoms with Gasteiger partial charge in [-0.05, 0) is 50.5 Å². The minimum Gasteiger partial charge on any atom is -0.446 e. The van der Waals surface area contributed by atoms with Crippen molar-refractivity contribution in [1.82, 2.24) is 20.1 Å². The van der Waals surface area contributed by atoms with E-state index >= 15 is 0 Å². The van der Waals surface area contributed by atoms with Gasteiger partial charge in [-0.25, -0.2) is 4.98 Å². The third-order valence-electron chi connectivity index (χ3n) is 4.83. The summed E-state index contributed by atoms with van der Waals surface area (Å²) in [7, 11) is 0. The number of aryl methyl sites for hydroxylation is 1. The number of benzene rings is 1. The topological polar surface area (TPSA) is 89.9 Å². The van der Waals surface area contributed by atoms with Gasteiger partial charge in [0, 0.05) is 17.5 Å². The van der Waals surface area contributed by atoms with Crippen LogP contribution >= 0.6 is 0 Å². The minimum absolute atomic E-state index is 0.0659. The molecule has 3 aromatic heterocycles. The van der Waals surface area contributed by atoms with Crippen molar-refractivity contribution < 1.29 is 8.94 Å². The molecule has 1 saturated carbocycles. The molecule has 0 bridgehead atoms. The number of nitrogens with zero attached hydrogens (tertiary/aromatic N) is 4. The van der Waals surface area contributed by atoms with Crippen LogP contribution in [0.1, 0.15) is 48.9 Å². The Morgan fingerprint density at radius 2 is 1.89 bits per heavy atom. The first-order valence-electron chi connectivity index (χ1n) is 9.10. The molecule has 7 nitrogen and oxygen atoms in total. The number of furan rings is 1. The van der Waals surface area contributed by atoms with Crippen LogP contribution in [0.25, 0.3) is 22.6 Å². The summed E-state index contributed by atoms with van der Waals surface area (Å²) in [6.07, 6.45) is 3.95. The van der Waals surface area contributed by atoms with Gasteiger partial charge in [0.15, 0.2) is 5.82 Å². The summed E-state index contributed by atoms with van der Waals surface area (Å²) >= 11 is 0. The van der Waals surface area contributed by atoms with Gasteiger partial charge >= 0.3 is 0 Å². The van der Waals surface area contributed by atoms with Gasteiger partial charge in [-0.15, -0.1) is 0 Å². The van der Waals surface area contributed by atoms with Crippen molar-refractivity contribution in [3.8, 4) is 11.5 Å². The fourth-order valence-corrected chi connectivity index (χ4v) is 3.13. The Morgan fingerprint density at radius 3 is 2.67 bits per heavy atom. The monoisotopic (exact) mass is 361 g/mol. The van der Waals surface area contributed by atoms with Gasteiger partial charge in [-0.3, -0.25) is 0 Å². The number of nitrogens with one attached hydrogen (secondary N) is 1. The highest BCUT2D eigenvalue weighted by Crippen LogP contribution is 2.39. The van der Waals surface area contributed by atoms with E-state index in [0.717, 1.165) is 41.0 Å². The maximum absolute atomic E-state index is 5.40. The lowest BCUT2D eigenvalue weighted by Gasteiger charge is -2.16. The second-order valence-electron chi connectivity index (χ2n) is 6.98. The van der Waals surface area contributed by atoms with Crippen LogP contribution in [-0.4, -0.2) is 20.1 Å². The van der Waals surface area contributed by atoms with Crippen LogP contribution in [0.3, 0.4) is 0 Å². The second-order valence-corrected chi connectivity index (χ2v) is 6.98. The Labute approximate surface area is 155 Å². The first-order chi connectivity index (χ1) is 13.2. The number of hydrogen-bond acceptors (Lipinski definition) is 7. The van der Waals surface area contributed by atoms with Crippen molar-refractivity contribution in [2.24, 2.45) is 0 Å². The predicted octanol–water partition coefficient (Wildman–Crippen LogP) is 4.63. The molecule has 4 aromatic rings. The summed E-state index contributed by atoms with van der Waals surface area (Å²) in [6.45, 7) is 3.95. The number of rotatable bonds is 5. The number of anilines is 1. The summed E-state index contributed by atoms with van der Waals surface area (Å²) in [6, 6.07) is 10.1. The average molecular weight is 361 g/mol. The highest BCUT2D eigenvalue weighted by molar-refractivity contribution is 5.85. The van der Waals surface area contributed by atoms with Crippen LogP contribution in [-0.2, 0) is 0 Å². The number of aromatic nitrogens is 4. The number of fused-ring (bicyclic) bond motifs is 1. The predicted molar refractivity (Wildman–Crippen MR) is 100 cm³/mol. The smallest absolute Gasteiger partial charge is 0.257 e. The van der Waals surface area contributed by atoms with E-state index in [0.29, 0.717) is 23.3 Å². The molecule has 1 aliphatic rings. The van der Waals surface area contributed by atoms with E-state index in [1.807, 2.05) is 25.1 Å². The van der Waals surface area contributed by atoms with Crippen LogP contribution in [0, 0.1) is 6.92 Å². The summed E-state index contributed by atoms with van der Waals surface area (Å²) in [5.41, 5.74) is 2.66. The molecule has 27 heavy (non-hydrogen) atoms. The van der Waals surface area contributed by atoms with Crippen LogP contribution < -0.4 is 5.32 Å². The summed E-state index contributed by atoms with van der Waals surface area (Å²) in [4.78, 5) is 13.3. The molecule has 0 amide bonds. The quantitative estimate of drug-likeness (QED) is 0.554. The van der Waals surface area contributed by atoms with Gasteiger partial charge < -0.3 is 14.3 Å². The van der Waals surface area contributed by atoms with Gasteiger partial charge in [0.25, 0.3) is 5.89 Å². The molecule has 1 fully saturated rings. The van der Waals surface area contributed by atoms with Crippen molar-refractivity contribution in [1.29, 1.82) is 0 Å². The largest absolute Gasteiger partial charge is 0.446 e. The Morgan fingerprint density at radius 1 is 1.07 bits per heavy atom. The van der Waals surface area contributed by atoms with Gasteiger partial charge in [0.2, 0.25) is 5.71 Å². The standard InChI is InChI=1S/C20H19N5O2/c1-11(21-18-16-9-10-26-20(16)23-12(2)22-18)13-3-7-15(8-4-13)19-24-17(25-27-19)14-5-6-14/h3-4,7-11,14H,5-6H2,1-2H3,(H,21,22,23). The average Bonchev–Trinajstić information content (AvgIpc) is 3.21. The highest BCUT2D eigenvalue weighted by Gasteiger charge is 2.29. The Hall–Kier alpha value is -3.22. The van der Waals surface area contributed by atoms with Gasteiger partial charge in [0.05, 0.1) is 11.6 Å². The van der Waals surface area contributed by atoms with Crippen LogP contribution in [0.15, 0.2) is 45.5 Å². The van der Waals surface area contributed by atoms with Crippen molar-refractivity contribution >= 4 is 16.9 Å².